The van der Waals surface area contributed by atoms with E-state index < -0.39 is 0 Å². The number of carbonyl (C=O) groups excluding carboxylic acids is 1. The lowest BCUT2D eigenvalue weighted by Crippen LogP contribution is -2.41. The molecule has 3 rings (SSSR count). The van der Waals surface area contributed by atoms with Gasteiger partial charge in [-0.3, -0.25) is 9.69 Å². The SMILES string of the molecule is Cc1nn(-c2ccc(F)cc2)c(C)c1C(=O)NCCN1CCOCC1. The van der Waals surface area contributed by atoms with Gasteiger partial charge in [0.15, 0.2) is 0 Å². The molecule has 1 aliphatic rings. The van der Waals surface area contributed by atoms with Crippen LogP contribution in [0.3, 0.4) is 0 Å². The summed E-state index contributed by atoms with van der Waals surface area (Å²) >= 11 is 0. The number of aryl methyl sites for hydroxylation is 1. The highest BCUT2D eigenvalue weighted by atomic mass is 19.1. The number of nitrogens with one attached hydrogen (secondary N) is 1. The zero-order chi connectivity index (χ0) is 17.8. The molecule has 134 valence electrons. The lowest BCUT2D eigenvalue weighted by Gasteiger charge is -2.26. The van der Waals surface area contributed by atoms with E-state index in [-0.39, 0.29) is 11.7 Å². The van der Waals surface area contributed by atoms with Crippen LogP contribution < -0.4 is 5.32 Å². The lowest BCUT2D eigenvalue weighted by molar-refractivity contribution is 0.0383. The molecule has 0 unspecified atom stereocenters. The predicted octanol–water partition coefficient (Wildman–Crippen LogP) is 1.69. The molecule has 1 aromatic carbocycles. The van der Waals surface area contributed by atoms with E-state index in [2.05, 4.69) is 15.3 Å². The molecule has 0 aliphatic carbocycles. The maximum atomic E-state index is 13.1. The van der Waals surface area contributed by atoms with Gasteiger partial charge in [0.25, 0.3) is 5.91 Å². The summed E-state index contributed by atoms with van der Waals surface area (Å²) in [5.74, 6) is -0.428. The van der Waals surface area contributed by atoms with Gasteiger partial charge in [0.1, 0.15) is 5.82 Å². The summed E-state index contributed by atoms with van der Waals surface area (Å²) in [4.78, 5) is 14.8. The second-order valence-corrected chi connectivity index (χ2v) is 6.14. The molecule has 0 radical (unpaired) electrons. The number of halogens is 1. The third kappa shape index (κ3) is 4.05. The summed E-state index contributed by atoms with van der Waals surface area (Å²) < 4.78 is 20.1. The summed E-state index contributed by atoms with van der Waals surface area (Å²) in [6.07, 6.45) is 0. The summed E-state index contributed by atoms with van der Waals surface area (Å²) in [7, 11) is 0. The Morgan fingerprint density at radius 2 is 1.92 bits per heavy atom. The highest BCUT2D eigenvalue weighted by Crippen LogP contribution is 2.18. The molecule has 2 aromatic rings. The normalized spacial score (nSPS) is 15.3. The van der Waals surface area contributed by atoms with Crippen LogP contribution in [0.5, 0.6) is 0 Å². The molecule has 1 N–H and O–H groups in total. The van der Waals surface area contributed by atoms with Crippen LogP contribution in [0, 0.1) is 19.7 Å². The first-order valence-electron chi connectivity index (χ1n) is 8.46. The molecular weight excluding hydrogens is 323 g/mol. The molecule has 7 heteroatoms. The van der Waals surface area contributed by atoms with Gasteiger partial charge >= 0.3 is 0 Å². The van der Waals surface area contributed by atoms with Crippen molar-refractivity contribution in [2.75, 3.05) is 39.4 Å². The highest BCUT2D eigenvalue weighted by molar-refractivity contribution is 5.96. The summed E-state index contributed by atoms with van der Waals surface area (Å²) in [5.41, 5.74) is 2.71. The van der Waals surface area contributed by atoms with Gasteiger partial charge in [-0.25, -0.2) is 9.07 Å². The van der Waals surface area contributed by atoms with E-state index in [0.29, 0.717) is 17.8 Å². The van der Waals surface area contributed by atoms with E-state index in [1.807, 2.05) is 13.8 Å². The van der Waals surface area contributed by atoms with Crippen molar-refractivity contribution in [1.29, 1.82) is 0 Å². The van der Waals surface area contributed by atoms with Crippen molar-refractivity contribution in [3.05, 3.63) is 47.0 Å². The fourth-order valence-electron chi connectivity index (χ4n) is 3.05. The molecule has 1 fully saturated rings. The summed E-state index contributed by atoms with van der Waals surface area (Å²) in [6, 6.07) is 6.06. The summed E-state index contributed by atoms with van der Waals surface area (Å²) in [5, 5.41) is 7.40. The van der Waals surface area contributed by atoms with Crippen LogP contribution >= 0.6 is 0 Å². The highest BCUT2D eigenvalue weighted by Gasteiger charge is 2.19. The Bertz CT molecular complexity index is 736. The van der Waals surface area contributed by atoms with Gasteiger partial charge in [0.2, 0.25) is 0 Å². The average molecular weight is 346 g/mol. The molecule has 25 heavy (non-hydrogen) atoms. The molecule has 0 bridgehead atoms. The Kier molecular flexibility index (Phi) is 5.45. The zero-order valence-electron chi connectivity index (χ0n) is 14.6. The number of nitrogens with zero attached hydrogens (tertiary/aromatic N) is 3. The minimum atomic E-state index is -0.300. The van der Waals surface area contributed by atoms with E-state index in [9.17, 15) is 9.18 Å². The second-order valence-electron chi connectivity index (χ2n) is 6.14. The van der Waals surface area contributed by atoms with Gasteiger partial charge in [-0.2, -0.15) is 5.10 Å². The minimum absolute atomic E-state index is 0.128. The Labute approximate surface area is 146 Å². The molecule has 1 amide bonds. The van der Waals surface area contributed by atoms with Gasteiger partial charge < -0.3 is 10.1 Å². The maximum absolute atomic E-state index is 13.1. The molecule has 0 spiro atoms. The van der Waals surface area contributed by atoms with Crippen LogP contribution in [0.15, 0.2) is 24.3 Å². The number of amides is 1. The minimum Gasteiger partial charge on any atom is -0.379 e. The fourth-order valence-corrected chi connectivity index (χ4v) is 3.05. The van der Waals surface area contributed by atoms with Crippen molar-refractivity contribution in [1.82, 2.24) is 20.0 Å². The van der Waals surface area contributed by atoms with Crippen LogP contribution in [0.4, 0.5) is 4.39 Å². The first-order chi connectivity index (χ1) is 12.1. The van der Waals surface area contributed by atoms with Crippen molar-refractivity contribution in [3.63, 3.8) is 0 Å². The number of morpholine rings is 1. The lowest BCUT2D eigenvalue weighted by atomic mass is 10.2. The Balaban J connectivity index is 1.67. The molecule has 1 aromatic heterocycles. The Hall–Kier alpha value is -2.25. The van der Waals surface area contributed by atoms with Gasteiger partial charge in [-0.15, -0.1) is 0 Å². The van der Waals surface area contributed by atoms with Crippen LogP contribution in [-0.2, 0) is 4.74 Å². The van der Waals surface area contributed by atoms with Crippen LogP contribution in [0.25, 0.3) is 5.69 Å². The molecular formula is C18H23FN4O2. The molecule has 0 atom stereocenters. The van der Waals surface area contributed by atoms with E-state index in [1.165, 1.54) is 12.1 Å². The number of hydrogen-bond donors (Lipinski definition) is 1. The second kappa shape index (κ2) is 7.76. The van der Waals surface area contributed by atoms with Crippen molar-refractivity contribution < 1.29 is 13.9 Å². The quantitative estimate of drug-likeness (QED) is 0.895. The van der Waals surface area contributed by atoms with Crippen molar-refractivity contribution >= 4 is 5.91 Å². The number of aromatic nitrogens is 2. The molecule has 6 nitrogen and oxygen atoms in total. The van der Waals surface area contributed by atoms with Crippen LogP contribution in [0.1, 0.15) is 21.7 Å². The van der Waals surface area contributed by atoms with Crippen molar-refractivity contribution in [3.8, 4) is 5.69 Å². The standard InChI is InChI=1S/C18H23FN4O2/c1-13-17(18(24)20-7-8-22-9-11-25-12-10-22)14(2)23(21-13)16-5-3-15(19)4-6-16/h3-6H,7-12H2,1-2H3,(H,20,24). The number of carbonyl (C=O) groups is 1. The van der Waals surface area contributed by atoms with Gasteiger partial charge in [0, 0.05) is 26.2 Å². The van der Waals surface area contributed by atoms with Gasteiger partial charge in [-0.1, -0.05) is 0 Å². The smallest absolute Gasteiger partial charge is 0.255 e. The van der Waals surface area contributed by atoms with Gasteiger partial charge in [0.05, 0.1) is 35.9 Å². The van der Waals surface area contributed by atoms with E-state index >= 15 is 0 Å². The van der Waals surface area contributed by atoms with E-state index in [4.69, 9.17) is 4.74 Å². The van der Waals surface area contributed by atoms with Gasteiger partial charge in [-0.05, 0) is 38.1 Å². The van der Waals surface area contributed by atoms with Crippen LogP contribution in [0.2, 0.25) is 0 Å². The average Bonchev–Trinajstić information content (AvgIpc) is 2.91. The fraction of sp³-hybridized carbons (Fsp3) is 0.444. The zero-order valence-corrected chi connectivity index (χ0v) is 14.6. The van der Waals surface area contributed by atoms with Crippen molar-refractivity contribution in [2.24, 2.45) is 0 Å². The molecule has 1 saturated heterocycles. The largest absolute Gasteiger partial charge is 0.379 e. The number of ether oxygens (including phenoxy) is 1. The summed E-state index contributed by atoms with van der Waals surface area (Å²) in [6.45, 7) is 8.34. The predicted molar refractivity (Wildman–Crippen MR) is 92.6 cm³/mol. The van der Waals surface area contributed by atoms with Crippen molar-refractivity contribution in [2.45, 2.75) is 13.8 Å². The number of benzene rings is 1. The van der Waals surface area contributed by atoms with Crippen LogP contribution in [-0.4, -0.2) is 60.0 Å². The maximum Gasteiger partial charge on any atom is 0.255 e. The number of rotatable bonds is 5. The number of hydrogen-bond acceptors (Lipinski definition) is 4. The third-order valence-corrected chi connectivity index (χ3v) is 4.41. The van der Waals surface area contributed by atoms with E-state index in [0.717, 1.165) is 44.2 Å². The molecule has 1 aliphatic heterocycles. The monoisotopic (exact) mass is 346 g/mol. The van der Waals surface area contributed by atoms with E-state index in [1.54, 1.807) is 16.8 Å². The third-order valence-electron chi connectivity index (χ3n) is 4.41. The first-order valence-corrected chi connectivity index (χ1v) is 8.46. The Morgan fingerprint density at radius 1 is 1.24 bits per heavy atom. The Morgan fingerprint density at radius 3 is 2.60 bits per heavy atom. The molecule has 0 saturated carbocycles. The molecule has 2 heterocycles. The first kappa shape index (κ1) is 17.6. The topological polar surface area (TPSA) is 59.4 Å².